The van der Waals surface area contributed by atoms with Gasteiger partial charge in [-0.15, -0.1) is 0 Å². The lowest BCUT2D eigenvalue weighted by atomic mass is 10.3. The van der Waals surface area contributed by atoms with Crippen LogP contribution in [0, 0.1) is 0 Å². The summed E-state index contributed by atoms with van der Waals surface area (Å²) in [6, 6.07) is 9.41. The molecule has 0 heterocycles. The molecule has 116 valence electrons. The van der Waals surface area contributed by atoms with E-state index in [1.54, 1.807) is 4.90 Å². The van der Waals surface area contributed by atoms with E-state index in [0.717, 1.165) is 5.75 Å². The Bertz CT molecular complexity index is 437. The summed E-state index contributed by atoms with van der Waals surface area (Å²) < 4.78 is 10.0. The summed E-state index contributed by atoms with van der Waals surface area (Å²) in [6.07, 6.45) is 0. The molecule has 0 aliphatic heterocycles. The molecule has 1 aromatic rings. The summed E-state index contributed by atoms with van der Waals surface area (Å²) in [6.45, 7) is 3.58. The maximum Gasteiger partial charge on any atom is 0.319 e. The van der Waals surface area contributed by atoms with Crippen molar-refractivity contribution in [1.29, 1.82) is 0 Å². The molecule has 0 aliphatic rings. The van der Waals surface area contributed by atoms with E-state index in [2.05, 4.69) is 10.1 Å². The van der Waals surface area contributed by atoms with Crippen LogP contribution in [-0.4, -0.2) is 56.7 Å². The van der Waals surface area contributed by atoms with Crippen LogP contribution in [0.5, 0.6) is 5.75 Å². The van der Waals surface area contributed by atoms with Gasteiger partial charge < -0.3 is 14.8 Å². The van der Waals surface area contributed by atoms with Crippen LogP contribution in [0.1, 0.15) is 6.92 Å². The van der Waals surface area contributed by atoms with E-state index in [0.29, 0.717) is 19.7 Å². The van der Waals surface area contributed by atoms with Gasteiger partial charge in [-0.1, -0.05) is 25.1 Å². The number of para-hydroxylation sites is 1. The van der Waals surface area contributed by atoms with E-state index < -0.39 is 0 Å². The number of likely N-dealkylation sites (N-methyl/N-ethyl adjacent to an activating group) is 1. The number of nitrogens with one attached hydrogen (secondary N) is 1. The van der Waals surface area contributed by atoms with E-state index in [-0.39, 0.29) is 25.0 Å². The van der Waals surface area contributed by atoms with Crippen molar-refractivity contribution >= 4 is 11.9 Å². The van der Waals surface area contributed by atoms with E-state index in [1.807, 2.05) is 37.3 Å². The molecule has 0 saturated heterocycles. The number of esters is 1. The van der Waals surface area contributed by atoms with Gasteiger partial charge in [0.25, 0.3) is 0 Å². The van der Waals surface area contributed by atoms with Gasteiger partial charge >= 0.3 is 5.97 Å². The zero-order chi connectivity index (χ0) is 15.5. The minimum atomic E-state index is -0.350. The highest BCUT2D eigenvalue weighted by Gasteiger charge is 2.12. The number of ether oxygens (including phenoxy) is 2. The molecule has 0 saturated carbocycles. The van der Waals surface area contributed by atoms with E-state index in [1.165, 1.54) is 7.11 Å². The molecule has 0 unspecified atom stereocenters. The zero-order valence-electron chi connectivity index (χ0n) is 12.5. The van der Waals surface area contributed by atoms with Crippen molar-refractivity contribution in [2.75, 3.05) is 39.9 Å². The fourth-order valence-electron chi connectivity index (χ4n) is 1.66. The number of methoxy groups -OCH3 is 1. The van der Waals surface area contributed by atoms with Gasteiger partial charge in [-0.2, -0.15) is 0 Å². The average Bonchev–Trinajstić information content (AvgIpc) is 2.51. The van der Waals surface area contributed by atoms with E-state index >= 15 is 0 Å². The van der Waals surface area contributed by atoms with Crippen LogP contribution in [-0.2, 0) is 14.3 Å². The molecule has 6 nitrogen and oxygen atoms in total. The Morgan fingerprint density at radius 3 is 2.52 bits per heavy atom. The number of carbonyl (C=O) groups excluding carboxylic acids is 2. The number of rotatable bonds is 9. The third-order valence-corrected chi connectivity index (χ3v) is 2.83. The first-order valence-electron chi connectivity index (χ1n) is 6.89. The standard InChI is InChI=1S/C15H22N2O4/c1-3-17(12-15(19)20-2)11-14(18)16-9-10-21-13-7-5-4-6-8-13/h4-8H,3,9-12H2,1-2H3,(H,16,18). The Morgan fingerprint density at radius 1 is 1.19 bits per heavy atom. The monoisotopic (exact) mass is 294 g/mol. The van der Waals surface area contributed by atoms with Crippen LogP contribution in [0.2, 0.25) is 0 Å². The number of carbonyl (C=O) groups is 2. The summed E-state index contributed by atoms with van der Waals surface area (Å²) in [5, 5.41) is 2.75. The van der Waals surface area contributed by atoms with Gasteiger partial charge in [-0.25, -0.2) is 0 Å². The van der Waals surface area contributed by atoms with Gasteiger partial charge in [0, 0.05) is 0 Å². The first-order valence-corrected chi connectivity index (χ1v) is 6.89. The second kappa shape index (κ2) is 9.77. The fourth-order valence-corrected chi connectivity index (χ4v) is 1.66. The number of hydrogen-bond donors (Lipinski definition) is 1. The first kappa shape index (κ1) is 17.0. The second-order valence-corrected chi connectivity index (χ2v) is 4.39. The minimum Gasteiger partial charge on any atom is -0.492 e. The Balaban J connectivity index is 2.19. The van der Waals surface area contributed by atoms with Crippen molar-refractivity contribution in [2.24, 2.45) is 0 Å². The number of amides is 1. The molecular weight excluding hydrogens is 272 g/mol. The predicted molar refractivity (Wildman–Crippen MR) is 79.1 cm³/mol. The number of benzene rings is 1. The molecule has 6 heteroatoms. The van der Waals surface area contributed by atoms with Gasteiger partial charge in [-0.05, 0) is 18.7 Å². The Morgan fingerprint density at radius 2 is 1.90 bits per heavy atom. The quantitative estimate of drug-likeness (QED) is 0.536. The molecule has 0 fully saturated rings. The van der Waals surface area contributed by atoms with Gasteiger partial charge in [0.15, 0.2) is 0 Å². The zero-order valence-corrected chi connectivity index (χ0v) is 12.5. The number of hydrogen-bond acceptors (Lipinski definition) is 5. The molecule has 1 rings (SSSR count). The Hall–Kier alpha value is -2.08. The first-order chi connectivity index (χ1) is 10.2. The summed E-state index contributed by atoms with van der Waals surface area (Å²) in [5.74, 6) is 0.280. The van der Waals surface area contributed by atoms with Gasteiger partial charge in [0.1, 0.15) is 12.4 Å². The van der Waals surface area contributed by atoms with E-state index in [4.69, 9.17) is 4.74 Å². The predicted octanol–water partition coefficient (Wildman–Crippen LogP) is 0.676. The summed E-state index contributed by atoms with van der Waals surface area (Å²) in [4.78, 5) is 24.6. The molecule has 0 spiro atoms. The molecule has 0 aromatic heterocycles. The maximum atomic E-state index is 11.7. The highest BCUT2D eigenvalue weighted by molar-refractivity contribution is 5.79. The molecule has 21 heavy (non-hydrogen) atoms. The van der Waals surface area contributed by atoms with Crippen LogP contribution in [0.15, 0.2) is 30.3 Å². The average molecular weight is 294 g/mol. The van der Waals surface area contributed by atoms with Crippen molar-refractivity contribution in [3.63, 3.8) is 0 Å². The van der Waals surface area contributed by atoms with Gasteiger partial charge in [0.2, 0.25) is 5.91 Å². The molecule has 1 N–H and O–H groups in total. The van der Waals surface area contributed by atoms with Crippen molar-refractivity contribution in [1.82, 2.24) is 10.2 Å². The van der Waals surface area contributed by atoms with Crippen LogP contribution < -0.4 is 10.1 Å². The SMILES string of the molecule is CCN(CC(=O)NCCOc1ccccc1)CC(=O)OC. The summed E-state index contributed by atoms with van der Waals surface area (Å²) in [5.41, 5.74) is 0. The molecule has 0 radical (unpaired) electrons. The van der Waals surface area contributed by atoms with Gasteiger partial charge in [0.05, 0.1) is 26.7 Å². The lowest BCUT2D eigenvalue weighted by Gasteiger charge is -2.18. The van der Waals surface area contributed by atoms with Crippen LogP contribution >= 0.6 is 0 Å². The largest absolute Gasteiger partial charge is 0.492 e. The molecule has 0 bridgehead atoms. The molecular formula is C15H22N2O4. The smallest absolute Gasteiger partial charge is 0.319 e. The maximum absolute atomic E-state index is 11.7. The fraction of sp³-hybridized carbons (Fsp3) is 0.467. The van der Waals surface area contributed by atoms with Crippen molar-refractivity contribution in [2.45, 2.75) is 6.92 Å². The lowest BCUT2D eigenvalue weighted by molar-refractivity contribution is -0.142. The summed E-state index contributed by atoms with van der Waals surface area (Å²) in [7, 11) is 1.33. The second-order valence-electron chi connectivity index (χ2n) is 4.39. The number of nitrogens with zero attached hydrogens (tertiary/aromatic N) is 1. The molecule has 0 atom stereocenters. The van der Waals surface area contributed by atoms with Crippen LogP contribution in [0.3, 0.4) is 0 Å². The van der Waals surface area contributed by atoms with Crippen LogP contribution in [0.25, 0.3) is 0 Å². The highest BCUT2D eigenvalue weighted by Crippen LogP contribution is 2.07. The Kier molecular flexibility index (Phi) is 7.89. The minimum absolute atomic E-state index is 0.112. The van der Waals surface area contributed by atoms with Crippen LogP contribution in [0.4, 0.5) is 0 Å². The van der Waals surface area contributed by atoms with Crippen molar-refractivity contribution in [3.8, 4) is 5.75 Å². The molecule has 0 aliphatic carbocycles. The third-order valence-electron chi connectivity index (χ3n) is 2.83. The Labute approximate surface area is 125 Å². The molecule has 1 amide bonds. The topological polar surface area (TPSA) is 67.9 Å². The third kappa shape index (κ3) is 7.31. The highest BCUT2D eigenvalue weighted by atomic mass is 16.5. The lowest BCUT2D eigenvalue weighted by Crippen LogP contribution is -2.41. The molecule has 1 aromatic carbocycles. The summed E-state index contributed by atoms with van der Waals surface area (Å²) >= 11 is 0. The van der Waals surface area contributed by atoms with Crippen molar-refractivity contribution in [3.05, 3.63) is 30.3 Å². The van der Waals surface area contributed by atoms with Crippen molar-refractivity contribution < 1.29 is 19.1 Å². The van der Waals surface area contributed by atoms with E-state index in [9.17, 15) is 9.59 Å². The normalized spacial score (nSPS) is 10.2. The van der Waals surface area contributed by atoms with Gasteiger partial charge in [-0.3, -0.25) is 14.5 Å².